The highest BCUT2D eigenvalue weighted by Gasteiger charge is 2.42. The second kappa shape index (κ2) is 8.38. The number of ether oxygens (including phenoxy) is 1. The van der Waals surface area contributed by atoms with Crippen LogP contribution in [0, 0.1) is 0 Å². The Bertz CT molecular complexity index is 1020. The van der Waals surface area contributed by atoms with Gasteiger partial charge in [0, 0.05) is 29.9 Å². The number of halogens is 1. The molecule has 3 atom stereocenters. The van der Waals surface area contributed by atoms with Gasteiger partial charge in [0.1, 0.15) is 17.6 Å². The maximum Gasteiger partial charge on any atom is 0.170 e. The summed E-state index contributed by atoms with van der Waals surface area (Å²) in [4.78, 5) is 6.77. The van der Waals surface area contributed by atoms with Crippen LogP contribution in [0.15, 0.2) is 65.2 Å². The van der Waals surface area contributed by atoms with E-state index in [0.717, 1.165) is 48.8 Å². The topological polar surface area (TPSA) is 50.5 Å². The SMILES string of the molecule is S=C1N[C@H](c2ccccn2)[C@H](c2ccc(-c3ccc(Cl)cc3)o2)N1C[C@H]1CCCO1. The molecule has 2 aliphatic rings. The zero-order chi connectivity index (χ0) is 20.5. The zero-order valence-electron chi connectivity index (χ0n) is 16.3. The van der Waals surface area contributed by atoms with Crippen molar-refractivity contribution in [1.82, 2.24) is 15.2 Å². The Labute approximate surface area is 186 Å². The Morgan fingerprint density at radius 2 is 2.00 bits per heavy atom. The van der Waals surface area contributed by atoms with Crippen LogP contribution < -0.4 is 5.32 Å². The maximum absolute atomic E-state index is 6.34. The lowest BCUT2D eigenvalue weighted by atomic mass is 10.0. The summed E-state index contributed by atoms with van der Waals surface area (Å²) >= 11 is 11.8. The van der Waals surface area contributed by atoms with E-state index in [4.69, 9.17) is 33.0 Å². The van der Waals surface area contributed by atoms with Crippen LogP contribution in [-0.2, 0) is 4.74 Å². The number of hydrogen-bond donors (Lipinski definition) is 1. The van der Waals surface area contributed by atoms with Gasteiger partial charge in [-0.1, -0.05) is 17.7 Å². The molecule has 154 valence electrons. The molecule has 0 radical (unpaired) electrons. The first-order chi connectivity index (χ1) is 14.7. The highest BCUT2D eigenvalue weighted by atomic mass is 35.5. The van der Waals surface area contributed by atoms with Gasteiger partial charge in [-0.05, 0) is 73.6 Å². The van der Waals surface area contributed by atoms with Crippen LogP contribution in [0.5, 0.6) is 0 Å². The second-order valence-electron chi connectivity index (χ2n) is 7.62. The highest BCUT2D eigenvalue weighted by Crippen LogP contribution is 2.41. The van der Waals surface area contributed by atoms with Crippen molar-refractivity contribution in [2.45, 2.75) is 31.0 Å². The van der Waals surface area contributed by atoms with Gasteiger partial charge in [0.15, 0.2) is 5.11 Å². The third kappa shape index (κ3) is 3.83. The van der Waals surface area contributed by atoms with Crippen LogP contribution in [-0.4, -0.2) is 34.3 Å². The molecule has 2 aliphatic heterocycles. The highest BCUT2D eigenvalue weighted by molar-refractivity contribution is 7.80. The van der Waals surface area contributed by atoms with Gasteiger partial charge < -0.3 is 19.4 Å². The normalized spacial score (nSPS) is 23.7. The van der Waals surface area contributed by atoms with E-state index in [9.17, 15) is 0 Å². The average molecular weight is 440 g/mol. The third-order valence-corrected chi connectivity index (χ3v) is 6.27. The van der Waals surface area contributed by atoms with E-state index < -0.39 is 0 Å². The number of hydrogen-bond acceptors (Lipinski definition) is 4. The Morgan fingerprint density at radius 1 is 1.13 bits per heavy atom. The van der Waals surface area contributed by atoms with Gasteiger partial charge >= 0.3 is 0 Å². The van der Waals surface area contributed by atoms with Crippen molar-refractivity contribution < 1.29 is 9.15 Å². The van der Waals surface area contributed by atoms with Crippen molar-refractivity contribution in [3.63, 3.8) is 0 Å². The summed E-state index contributed by atoms with van der Waals surface area (Å²) in [7, 11) is 0. The Kier molecular flexibility index (Phi) is 5.46. The van der Waals surface area contributed by atoms with Crippen LogP contribution in [0.4, 0.5) is 0 Å². The lowest BCUT2D eigenvalue weighted by Crippen LogP contribution is -2.36. The minimum absolute atomic E-state index is 0.0932. The van der Waals surface area contributed by atoms with Crippen molar-refractivity contribution in [3.05, 3.63) is 77.3 Å². The van der Waals surface area contributed by atoms with Gasteiger partial charge in [0.25, 0.3) is 0 Å². The molecular formula is C23H22ClN3O2S. The van der Waals surface area contributed by atoms with Crippen molar-refractivity contribution >= 4 is 28.9 Å². The number of nitrogens with zero attached hydrogens (tertiary/aromatic N) is 2. The first kappa shape index (κ1) is 19.5. The summed E-state index contributed by atoms with van der Waals surface area (Å²) in [5.74, 6) is 1.65. The molecule has 30 heavy (non-hydrogen) atoms. The van der Waals surface area contributed by atoms with E-state index in [0.29, 0.717) is 10.1 Å². The van der Waals surface area contributed by atoms with Crippen molar-refractivity contribution in [3.8, 4) is 11.3 Å². The third-order valence-electron chi connectivity index (χ3n) is 5.67. The lowest BCUT2D eigenvalue weighted by molar-refractivity contribution is 0.0818. The number of thiocarbonyl (C=S) groups is 1. The largest absolute Gasteiger partial charge is 0.459 e. The number of aromatic nitrogens is 1. The molecule has 7 heteroatoms. The maximum atomic E-state index is 6.34. The van der Waals surface area contributed by atoms with Crippen LogP contribution in [0.3, 0.4) is 0 Å². The molecule has 2 saturated heterocycles. The monoisotopic (exact) mass is 439 g/mol. The molecule has 1 aromatic carbocycles. The Balaban J connectivity index is 1.50. The molecular weight excluding hydrogens is 418 g/mol. The van der Waals surface area contributed by atoms with Crippen molar-refractivity contribution in [1.29, 1.82) is 0 Å². The average Bonchev–Trinajstić information content (AvgIpc) is 3.51. The molecule has 0 bridgehead atoms. The molecule has 0 unspecified atom stereocenters. The molecule has 5 nitrogen and oxygen atoms in total. The number of furan rings is 1. The fraction of sp³-hybridized carbons (Fsp3) is 0.304. The summed E-state index contributed by atoms with van der Waals surface area (Å²) in [5, 5.41) is 4.87. The molecule has 0 aliphatic carbocycles. The molecule has 3 aromatic rings. The molecule has 2 fully saturated rings. The minimum Gasteiger partial charge on any atom is -0.459 e. The molecule has 0 saturated carbocycles. The fourth-order valence-corrected chi connectivity index (χ4v) is 4.64. The zero-order valence-corrected chi connectivity index (χ0v) is 17.9. The van der Waals surface area contributed by atoms with Gasteiger partial charge in [-0.3, -0.25) is 4.98 Å². The van der Waals surface area contributed by atoms with Crippen LogP contribution in [0.2, 0.25) is 5.02 Å². The smallest absolute Gasteiger partial charge is 0.170 e. The predicted octanol–water partition coefficient (Wildman–Crippen LogP) is 5.15. The second-order valence-corrected chi connectivity index (χ2v) is 8.45. The standard InChI is InChI=1S/C23H22ClN3O2S/c24-16-8-6-15(7-9-16)19-10-11-20(29-19)22-21(18-5-1-2-12-25-18)26-23(30)27(22)14-17-4-3-13-28-17/h1-2,5-12,17,21-22H,3-4,13-14H2,(H,26,30)/t17-,21-,22+/m1/s1. The fourth-order valence-electron chi connectivity index (χ4n) is 4.20. The van der Waals surface area contributed by atoms with Gasteiger partial charge in [-0.2, -0.15) is 0 Å². The van der Waals surface area contributed by atoms with E-state index >= 15 is 0 Å². The van der Waals surface area contributed by atoms with Gasteiger partial charge in [-0.15, -0.1) is 0 Å². The minimum atomic E-state index is -0.0994. The van der Waals surface area contributed by atoms with Crippen molar-refractivity contribution in [2.75, 3.05) is 13.2 Å². The van der Waals surface area contributed by atoms with E-state index in [1.54, 1.807) is 6.20 Å². The summed E-state index contributed by atoms with van der Waals surface area (Å²) in [6.45, 7) is 1.55. The van der Waals surface area contributed by atoms with Crippen LogP contribution in [0.1, 0.15) is 36.4 Å². The lowest BCUT2D eigenvalue weighted by Gasteiger charge is -2.28. The molecule has 4 heterocycles. The number of nitrogens with one attached hydrogen (secondary N) is 1. The van der Waals surface area contributed by atoms with Crippen molar-refractivity contribution in [2.24, 2.45) is 0 Å². The summed E-state index contributed by atoms with van der Waals surface area (Å²) < 4.78 is 12.2. The Hall–Kier alpha value is -2.41. The van der Waals surface area contributed by atoms with Crippen LogP contribution >= 0.6 is 23.8 Å². The van der Waals surface area contributed by atoms with Gasteiger partial charge in [0.05, 0.1) is 17.8 Å². The quantitative estimate of drug-likeness (QED) is 0.555. The predicted molar refractivity (Wildman–Crippen MR) is 120 cm³/mol. The molecule has 5 rings (SSSR count). The first-order valence-corrected chi connectivity index (χ1v) is 10.9. The number of benzene rings is 1. The van der Waals surface area contributed by atoms with E-state index in [1.165, 1.54) is 0 Å². The van der Waals surface area contributed by atoms with E-state index in [2.05, 4.69) is 15.2 Å². The summed E-state index contributed by atoms with van der Waals surface area (Å²) in [5.41, 5.74) is 1.92. The number of rotatable bonds is 5. The molecule has 0 amide bonds. The van der Waals surface area contributed by atoms with E-state index in [1.807, 2.05) is 54.6 Å². The summed E-state index contributed by atoms with van der Waals surface area (Å²) in [6, 6.07) is 17.4. The number of pyridine rings is 1. The molecule has 0 spiro atoms. The molecule has 1 N–H and O–H groups in total. The summed E-state index contributed by atoms with van der Waals surface area (Å²) in [6.07, 6.45) is 4.13. The molecule has 2 aromatic heterocycles. The Morgan fingerprint density at radius 3 is 2.73 bits per heavy atom. The van der Waals surface area contributed by atoms with E-state index in [-0.39, 0.29) is 18.2 Å². The van der Waals surface area contributed by atoms with Gasteiger partial charge in [0.2, 0.25) is 0 Å². The van der Waals surface area contributed by atoms with Crippen LogP contribution in [0.25, 0.3) is 11.3 Å². The first-order valence-electron chi connectivity index (χ1n) is 10.1. The van der Waals surface area contributed by atoms with Gasteiger partial charge in [-0.25, -0.2) is 0 Å².